The molecule has 5 rings (SSSR count). The Hall–Kier alpha value is -2.73. The molecule has 6 heteroatoms. The molecule has 2 aromatic carbocycles. The molecule has 0 radical (unpaired) electrons. The van der Waals surface area contributed by atoms with E-state index in [0.29, 0.717) is 12.6 Å². The molecule has 0 aliphatic carbocycles. The Morgan fingerprint density at radius 2 is 1.74 bits per heavy atom. The van der Waals surface area contributed by atoms with E-state index in [1.54, 1.807) is 0 Å². The third-order valence-electron chi connectivity index (χ3n) is 5.51. The van der Waals surface area contributed by atoms with Crippen LogP contribution in [0.3, 0.4) is 0 Å². The predicted molar refractivity (Wildman–Crippen MR) is 109 cm³/mol. The average Bonchev–Trinajstić information content (AvgIpc) is 3.35. The van der Waals surface area contributed by atoms with Crippen molar-refractivity contribution in [3.05, 3.63) is 54.4 Å². The summed E-state index contributed by atoms with van der Waals surface area (Å²) in [5.41, 5.74) is 4.22. The quantitative estimate of drug-likeness (QED) is 0.557. The third kappa shape index (κ3) is 3.10. The van der Waals surface area contributed by atoms with Crippen LogP contribution in [0, 0.1) is 0 Å². The molecule has 4 aromatic rings. The summed E-state index contributed by atoms with van der Waals surface area (Å²) >= 11 is 0. The molecular formula is C21H26N6. The van der Waals surface area contributed by atoms with Crippen LogP contribution in [0.15, 0.2) is 48.5 Å². The Labute approximate surface area is 159 Å². The summed E-state index contributed by atoms with van der Waals surface area (Å²) in [6.07, 6.45) is 2.52. The number of likely N-dealkylation sites (N-methyl/N-ethyl adjacent to an activating group) is 1. The number of fused-ring (bicyclic) bond motifs is 2. The van der Waals surface area contributed by atoms with Gasteiger partial charge in [-0.15, -0.1) is 5.10 Å². The Kier molecular flexibility index (Phi) is 4.66. The monoisotopic (exact) mass is 362 g/mol. The summed E-state index contributed by atoms with van der Waals surface area (Å²) in [5, 5.41) is 8.63. The molecule has 1 aliphatic heterocycles. The molecular weight excluding hydrogens is 336 g/mol. The molecule has 6 nitrogen and oxygen atoms in total. The highest BCUT2D eigenvalue weighted by molar-refractivity contribution is 5.76. The zero-order valence-electron chi connectivity index (χ0n) is 14.9. The maximum atomic E-state index is 4.92. The van der Waals surface area contributed by atoms with Gasteiger partial charge in [0.05, 0.1) is 16.6 Å². The summed E-state index contributed by atoms with van der Waals surface area (Å²) in [4.78, 5) is 7.38. The van der Waals surface area contributed by atoms with Gasteiger partial charge in [0.25, 0.3) is 0 Å². The number of aromatic nitrogens is 5. The SMILES string of the molecule is C.CN1CCC[C@@H]1Cn1c(Cn2nnc3ccccc32)nc2ccccc21. The lowest BCUT2D eigenvalue weighted by molar-refractivity contribution is 0.281. The molecule has 0 N–H and O–H groups in total. The van der Waals surface area contributed by atoms with Crippen LogP contribution in [0.25, 0.3) is 22.1 Å². The number of hydrogen-bond donors (Lipinski definition) is 0. The Balaban J connectivity index is 0.00000180. The molecule has 0 saturated carbocycles. The largest absolute Gasteiger partial charge is 0.325 e. The van der Waals surface area contributed by atoms with E-state index in [1.807, 2.05) is 22.9 Å². The average molecular weight is 362 g/mol. The first-order chi connectivity index (χ1) is 12.8. The number of imidazole rings is 1. The van der Waals surface area contributed by atoms with E-state index in [9.17, 15) is 0 Å². The van der Waals surface area contributed by atoms with Gasteiger partial charge in [-0.05, 0) is 50.7 Å². The summed E-state index contributed by atoms with van der Waals surface area (Å²) in [5.74, 6) is 1.04. The van der Waals surface area contributed by atoms with E-state index < -0.39 is 0 Å². The van der Waals surface area contributed by atoms with Crippen LogP contribution in [0.1, 0.15) is 26.1 Å². The van der Waals surface area contributed by atoms with Crippen LogP contribution in [-0.2, 0) is 13.1 Å². The van der Waals surface area contributed by atoms with Gasteiger partial charge in [0.15, 0.2) is 0 Å². The van der Waals surface area contributed by atoms with Crippen molar-refractivity contribution in [2.24, 2.45) is 0 Å². The van der Waals surface area contributed by atoms with Crippen molar-refractivity contribution in [1.29, 1.82) is 0 Å². The first-order valence-electron chi connectivity index (χ1n) is 9.22. The third-order valence-corrected chi connectivity index (χ3v) is 5.51. The fourth-order valence-electron chi connectivity index (χ4n) is 4.04. The molecule has 1 fully saturated rings. The minimum absolute atomic E-state index is 0. The predicted octanol–water partition coefficient (Wildman–Crippen LogP) is 3.56. The van der Waals surface area contributed by atoms with Gasteiger partial charge in [-0.25, -0.2) is 9.67 Å². The van der Waals surface area contributed by atoms with E-state index in [2.05, 4.69) is 57.2 Å². The molecule has 2 aromatic heterocycles. The first kappa shape index (κ1) is 17.7. The minimum atomic E-state index is 0. The van der Waals surface area contributed by atoms with Crippen LogP contribution in [0.5, 0.6) is 0 Å². The van der Waals surface area contributed by atoms with Gasteiger partial charge in [0.2, 0.25) is 0 Å². The lowest BCUT2D eigenvalue weighted by Gasteiger charge is -2.21. The van der Waals surface area contributed by atoms with Gasteiger partial charge in [-0.2, -0.15) is 0 Å². The van der Waals surface area contributed by atoms with Gasteiger partial charge in [-0.3, -0.25) is 0 Å². The second-order valence-corrected chi connectivity index (χ2v) is 7.14. The molecule has 1 saturated heterocycles. The van der Waals surface area contributed by atoms with Crippen LogP contribution >= 0.6 is 0 Å². The second-order valence-electron chi connectivity index (χ2n) is 7.14. The lowest BCUT2D eigenvalue weighted by atomic mass is 10.2. The van der Waals surface area contributed by atoms with E-state index >= 15 is 0 Å². The molecule has 140 valence electrons. The molecule has 0 amide bonds. The number of rotatable bonds is 4. The highest BCUT2D eigenvalue weighted by Crippen LogP contribution is 2.23. The lowest BCUT2D eigenvalue weighted by Crippen LogP contribution is -2.30. The Bertz CT molecular complexity index is 1060. The number of para-hydroxylation sites is 3. The fraction of sp³-hybridized carbons (Fsp3) is 0.381. The molecule has 1 atom stereocenters. The van der Waals surface area contributed by atoms with E-state index in [-0.39, 0.29) is 7.43 Å². The highest BCUT2D eigenvalue weighted by Gasteiger charge is 2.23. The molecule has 3 heterocycles. The molecule has 0 unspecified atom stereocenters. The summed E-state index contributed by atoms with van der Waals surface area (Å²) in [7, 11) is 2.22. The van der Waals surface area contributed by atoms with Gasteiger partial charge in [-0.1, -0.05) is 36.9 Å². The van der Waals surface area contributed by atoms with E-state index in [4.69, 9.17) is 4.98 Å². The van der Waals surface area contributed by atoms with Crippen LogP contribution < -0.4 is 0 Å². The standard InChI is InChI=1S/C20H22N6.CH4/c1-24-12-6-7-15(24)13-25-18-10-4-2-8-16(18)21-20(25)14-26-19-11-5-3-9-17(19)22-23-26;/h2-5,8-11,15H,6-7,12-14H2,1H3;1H4/t15-;/m1./s1. The summed E-state index contributed by atoms with van der Waals surface area (Å²) in [6, 6.07) is 17.0. The topological polar surface area (TPSA) is 51.8 Å². The number of nitrogens with zero attached hydrogens (tertiary/aromatic N) is 6. The van der Waals surface area contributed by atoms with Crippen LogP contribution in [-0.4, -0.2) is 49.1 Å². The number of likely N-dealkylation sites (tertiary alicyclic amines) is 1. The smallest absolute Gasteiger partial charge is 0.131 e. The minimum Gasteiger partial charge on any atom is -0.325 e. The Morgan fingerprint density at radius 1 is 1.00 bits per heavy atom. The zero-order valence-corrected chi connectivity index (χ0v) is 14.9. The Morgan fingerprint density at radius 3 is 2.52 bits per heavy atom. The maximum Gasteiger partial charge on any atom is 0.131 e. The zero-order chi connectivity index (χ0) is 17.5. The molecule has 0 spiro atoms. The van der Waals surface area contributed by atoms with Crippen molar-refractivity contribution >= 4 is 22.1 Å². The van der Waals surface area contributed by atoms with Crippen molar-refractivity contribution in [3.63, 3.8) is 0 Å². The van der Waals surface area contributed by atoms with Crippen molar-refractivity contribution in [1.82, 2.24) is 29.4 Å². The molecule has 0 bridgehead atoms. The van der Waals surface area contributed by atoms with Gasteiger partial charge in [0, 0.05) is 12.6 Å². The van der Waals surface area contributed by atoms with E-state index in [1.165, 1.54) is 24.9 Å². The van der Waals surface area contributed by atoms with Gasteiger partial charge in [0.1, 0.15) is 17.9 Å². The fourth-order valence-corrected chi connectivity index (χ4v) is 4.04. The number of benzene rings is 2. The summed E-state index contributed by atoms with van der Waals surface area (Å²) in [6.45, 7) is 2.78. The normalized spacial score (nSPS) is 17.6. The van der Waals surface area contributed by atoms with Gasteiger partial charge < -0.3 is 9.47 Å². The first-order valence-corrected chi connectivity index (χ1v) is 9.22. The van der Waals surface area contributed by atoms with Crippen LogP contribution in [0.2, 0.25) is 0 Å². The van der Waals surface area contributed by atoms with Crippen molar-refractivity contribution in [2.75, 3.05) is 13.6 Å². The van der Waals surface area contributed by atoms with E-state index in [0.717, 1.165) is 28.9 Å². The van der Waals surface area contributed by atoms with Gasteiger partial charge >= 0.3 is 0 Å². The van der Waals surface area contributed by atoms with Crippen molar-refractivity contribution in [3.8, 4) is 0 Å². The molecule has 1 aliphatic rings. The number of hydrogen-bond acceptors (Lipinski definition) is 4. The van der Waals surface area contributed by atoms with Crippen LogP contribution in [0.4, 0.5) is 0 Å². The summed E-state index contributed by atoms with van der Waals surface area (Å²) < 4.78 is 4.32. The highest BCUT2D eigenvalue weighted by atomic mass is 15.4. The van der Waals surface area contributed by atoms with Crippen molar-refractivity contribution < 1.29 is 0 Å². The second kappa shape index (κ2) is 7.12. The molecule has 27 heavy (non-hydrogen) atoms. The maximum absolute atomic E-state index is 4.92. The van der Waals surface area contributed by atoms with Crippen molar-refractivity contribution in [2.45, 2.75) is 39.4 Å².